The summed E-state index contributed by atoms with van der Waals surface area (Å²) in [4.78, 5) is 0. The SMILES string of the molecule is COC(C)(C)CNC1CC(C)(C)CC(C)(C)C1. The smallest absolute Gasteiger partial charge is 0.0746 e. The van der Waals surface area contributed by atoms with Crippen LogP contribution in [0, 0.1) is 10.8 Å². The van der Waals surface area contributed by atoms with Gasteiger partial charge >= 0.3 is 0 Å². The van der Waals surface area contributed by atoms with Gasteiger partial charge in [0.2, 0.25) is 0 Å². The van der Waals surface area contributed by atoms with Crippen molar-refractivity contribution in [1.29, 1.82) is 0 Å². The molecule has 2 heteroatoms. The predicted molar refractivity (Wildman–Crippen MR) is 74.3 cm³/mol. The largest absolute Gasteiger partial charge is 0.377 e. The maximum atomic E-state index is 5.47. The molecule has 0 heterocycles. The number of hydrogen-bond donors (Lipinski definition) is 1. The van der Waals surface area contributed by atoms with Crippen LogP contribution >= 0.6 is 0 Å². The van der Waals surface area contributed by atoms with Crippen molar-refractivity contribution in [3.8, 4) is 0 Å². The fourth-order valence-electron chi connectivity index (χ4n) is 3.45. The second-order valence-electron chi connectivity index (χ2n) is 7.96. The molecule has 1 rings (SSSR count). The molecule has 0 aromatic carbocycles. The molecule has 0 saturated heterocycles. The summed E-state index contributed by atoms with van der Waals surface area (Å²) in [6.07, 6.45) is 3.87. The van der Waals surface area contributed by atoms with E-state index in [0.717, 1.165) is 6.54 Å². The van der Waals surface area contributed by atoms with E-state index in [9.17, 15) is 0 Å². The molecule has 0 spiro atoms. The second kappa shape index (κ2) is 4.89. The predicted octanol–water partition coefficient (Wildman–Crippen LogP) is 3.61. The number of hydrogen-bond acceptors (Lipinski definition) is 2. The van der Waals surface area contributed by atoms with Gasteiger partial charge in [-0.15, -0.1) is 0 Å². The van der Waals surface area contributed by atoms with Gasteiger partial charge in [0.1, 0.15) is 0 Å². The Morgan fingerprint density at radius 3 is 2.00 bits per heavy atom. The fourth-order valence-corrected chi connectivity index (χ4v) is 3.45. The normalized spacial score (nSPS) is 24.9. The average Bonchev–Trinajstić information content (AvgIpc) is 2.10. The van der Waals surface area contributed by atoms with E-state index < -0.39 is 0 Å². The van der Waals surface area contributed by atoms with Gasteiger partial charge < -0.3 is 10.1 Å². The zero-order valence-electron chi connectivity index (χ0n) is 12.8. The molecule has 0 unspecified atom stereocenters. The lowest BCUT2D eigenvalue weighted by molar-refractivity contribution is 0.0117. The molecule has 1 saturated carbocycles. The monoisotopic (exact) mass is 241 g/mol. The van der Waals surface area contributed by atoms with Crippen LogP contribution in [0.1, 0.15) is 60.8 Å². The number of rotatable bonds is 4. The van der Waals surface area contributed by atoms with E-state index in [2.05, 4.69) is 46.9 Å². The molecule has 1 N–H and O–H groups in total. The minimum atomic E-state index is -0.0638. The van der Waals surface area contributed by atoms with Crippen LogP contribution in [0.15, 0.2) is 0 Å². The van der Waals surface area contributed by atoms with E-state index >= 15 is 0 Å². The van der Waals surface area contributed by atoms with Gasteiger partial charge in [-0.2, -0.15) is 0 Å². The fraction of sp³-hybridized carbons (Fsp3) is 1.00. The molecule has 0 bridgehead atoms. The van der Waals surface area contributed by atoms with Crippen LogP contribution in [0.25, 0.3) is 0 Å². The summed E-state index contributed by atoms with van der Waals surface area (Å²) in [7, 11) is 1.79. The highest BCUT2D eigenvalue weighted by Crippen LogP contribution is 2.45. The topological polar surface area (TPSA) is 21.3 Å². The molecule has 102 valence electrons. The third kappa shape index (κ3) is 4.97. The molecule has 0 amide bonds. The lowest BCUT2D eigenvalue weighted by atomic mass is 9.63. The lowest BCUT2D eigenvalue weighted by Crippen LogP contribution is -2.48. The Labute approximate surface area is 108 Å². The van der Waals surface area contributed by atoms with E-state index in [0.29, 0.717) is 16.9 Å². The Balaban J connectivity index is 2.54. The van der Waals surface area contributed by atoms with Crippen molar-refractivity contribution in [2.75, 3.05) is 13.7 Å². The second-order valence-corrected chi connectivity index (χ2v) is 7.96. The summed E-state index contributed by atoms with van der Waals surface area (Å²) in [5.74, 6) is 0. The average molecular weight is 241 g/mol. The first kappa shape index (κ1) is 15.0. The van der Waals surface area contributed by atoms with Gasteiger partial charge in [0, 0.05) is 19.7 Å². The third-order valence-electron chi connectivity index (χ3n) is 3.92. The zero-order valence-corrected chi connectivity index (χ0v) is 12.8. The van der Waals surface area contributed by atoms with Crippen LogP contribution < -0.4 is 5.32 Å². The molecule has 1 aliphatic carbocycles. The Morgan fingerprint density at radius 1 is 1.12 bits per heavy atom. The highest BCUT2D eigenvalue weighted by Gasteiger charge is 2.38. The molecular formula is C15H31NO. The van der Waals surface area contributed by atoms with Crippen molar-refractivity contribution >= 4 is 0 Å². The molecule has 0 atom stereocenters. The minimum Gasteiger partial charge on any atom is -0.377 e. The van der Waals surface area contributed by atoms with Gasteiger partial charge in [-0.1, -0.05) is 27.7 Å². The minimum absolute atomic E-state index is 0.0638. The van der Waals surface area contributed by atoms with E-state index in [1.165, 1.54) is 19.3 Å². The van der Waals surface area contributed by atoms with Gasteiger partial charge in [-0.25, -0.2) is 0 Å². The Morgan fingerprint density at radius 2 is 1.59 bits per heavy atom. The van der Waals surface area contributed by atoms with Crippen LogP contribution in [0.5, 0.6) is 0 Å². The highest BCUT2D eigenvalue weighted by molar-refractivity contribution is 4.93. The molecule has 0 radical (unpaired) electrons. The standard InChI is InChI=1S/C15H31NO/c1-13(2)8-12(9-14(3,4)10-13)16-11-15(5,6)17-7/h12,16H,8-11H2,1-7H3. The van der Waals surface area contributed by atoms with E-state index in [1.54, 1.807) is 7.11 Å². The number of nitrogens with one attached hydrogen (secondary N) is 1. The van der Waals surface area contributed by atoms with Gasteiger partial charge in [0.05, 0.1) is 5.60 Å². The quantitative estimate of drug-likeness (QED) is 0.812. The summed E-state index contributed by atoms with van der Waals surface area (Å²) < 4.78 is 5.47. The maximum absolute atomic E-state index is 5.47. The van der Waals surface area contributed by atoms with Crippen LogP contribution in [-0.4, -0.2) is 25.3 Å². The van der Waals surface area contributed by atoms with Crippen molar-refractivity contribution in [1.82, 2.24) is 5.32 Å². The van der Waals surface area contributed by atoms with E-state index in [-0.39, 0.29) is 5.60 Å². The van der Waals surface area contributed by atoms with Crippen molar-refractivity contribution in [3.05, 3.63) is 0 Å². The summed E-state index contributed by atoms with van der Waals surface area (Å²) in [6.45, 7) is 14.8. The Hall–Kier alpha value is -0.0800. The number of methoxy groups -OCH3 is 1. The van der Waals surface area contributed by atoms with Gasteiger partial charge in [0.15, 0.2) is 0 Å². The summed E-state index contributed by atoms with van der Waals surface area (Å²) in [5.41, 5.74) is 0.846. The molecule has 1 fully saturated rings. The van der Waals surface area contributed by atoms with Gasteiger partial charge in [-0.05, 0) is 43.9 Å². The molecule has 2 nitrogen and oxygen atoms in total. The molecule has 0 aliphatic heterocycles. The van der Waals surface area contributed by atoms with Crippen LogP contribution in [0.4, 0.5) is 0 Å². The van der Waals surface area contributed by atoms with Crippen LogP contribution in [-0.2, 0) is 4.74 Å². The van der Waals surface area contributed by atoms with Crippen LogP contribution in [0.3, 0.4) is 0 Å². The molecule has 1 aliphatic rings. The maximum Gasteiger partial charge on any atom is 0.0746 e. The molecule has 17 heavy (non-hydrogen) atoms. The van der Waals surface area contributed by atoms with Crippen LogP contribution in [0.2, 0.25) is 0 Å². The third-order valence-corrected chi connectivity index (χ3v) is 3.92. The Bertz CT molecular complexity index is 240. The van der Waals surface area contributed by atoms with Crippen molar-refractivity contribution < 1.29 is 4.74 Å². The molecular weight excluding hydrogens is 210 g/mol. The first-order valence-corrected chi connectivity index (χ1v) is 6.84. The lowest BCUT2D eigenvalue weighted by Gasteiger charge is -2.46. The molecule has 0 aromatic heterocycles. The van der Waals surface area contributed by atoms with Crippen molar-refractivity contribution in [2.45, 2.75) is 72.4 Å². The van der Waals surface area contributed by atoms with Gasteiger partial charge in [0.25, 0.3) is 0 Å². The van der Waals surface area contributed by atoms with E-state index in [4.69, 9.17) is 4.74 Å². The zero-order chi connectivity index (χ0) is 13.3. The summed E-state index contributed by atoms with van der Waals surface area (Å²) >= 11 is 0. The summed E-state index contributed by atoms with van der Waals surface area (Å²) in [5, 5.41) is 3.70. The first-order valence-electron chi connectivity index (χ1n) is 6.84. The van der Waals surface area contributed by atoms with Gasteiger partial charge in [-0.3, -0.25) is 0 Å². The summed E-state index contributed by atoms with van der Waals surface area (Å²) in [6, 6.07) is 0.628. The van der Waals surface area contributed by atoms with Crippen molar-refractivity contribution in [2.24, 2.45) is 10.8 Å². The molecule has 0 aromatic rings. The number of ether oxygens (including phenoxy) is 1. The first-order chi connectivity index (χ1) is 7.55. The van der Waals surface area contributed by atoms with E-state index in [1.807, 2.05) is 0 Å². The Kier molecular flexibility index (Phi) is 4.31. The highest BCUT2D eigenvalue weighted by atomic mass is 16.5. The van der Waals surface area contributed by atoms with Crippen molar-refractivity contribution in [3.63, 3.8) is 0 Å².